The molecular weight excluding hydrogens is 363 g/mol. The van der Waals surface area contributed by atoms with Gasteiger partial charge in [-0.25, -0.2) is 9.18 Å². The molecule has 0 aliphatic carbocycles. The Labute approximate surface area is 163 Å². The maximum Gasteiger partial charge on any atom is 0.335 e. The van der Waals surface area contributed by atoms with Crippen LogP contribution in [0.4, 0.5) is 10.1 Å². The van der Waals surface area contributed by atoms with Crippen LogP contribution in [0.25, 0.3) is 0 Å². The summed E-state index contributed by atoms with van der Waals surface area (Å²) in [6, 6.07) is 7.73. The van der Waals surface area contributed by atoms with Gasteiger partial charge in [-0.2, -0.15) is 0 Å². The number of aromatic carboxylic acids is 1. The standard InChI is InChI=1S/C20H23FN4O3/c1-23(2)8-9-25-18(26)13-24(11-15-4-3-5-17(21)19(15)25)12-16-10-14(20(27)28)6-7-22-16/h3-7,10H,8-9,11-13H2,1-2H3,(H,27,28). The summed E-state index contributed by atoms with van der Waals surface area (Å²) in [4.78, 5) is 33.6. The van der Waals surface area contributed by atoms with Crippen LogP contribution >= 0.6 is 0 Å². The minimum Gasteiger partial charge on any atom is -0.478 e. The molecule has 148 valence electrons. The quantitative estimate of drug-likeness (QED) is 0.816. The Morgan fingerprint density at radius 1 is 1.29 bits per heavy atom. The van der Waals surface area contributed by atoms with Crippen molar-refractivity contribution >= 4 is 17.6 Å². The fourth-order valence-corrected chi connectivity index (χ4v) is 3.26. The van der Waals surface area contributed by atoms with Crippen molar-refractivity contribution < 1.29 is 19.1 Å². The van der Waals surface area contributed by atoms with E-state index in [2.05, 4.69) is 4.98 Å². The summed E-state index contributed by atoms with van der Waals surface area (Å²) in [5.41, 5.74) is 1.74. The van der Waals surface area contributed by atoms with E-state index in [1.54, 1.807) is 6.07 Å². The number of amides is 1. The summed E-state index contributed by atoms with van der Waals surface area (Å²) in [6.07, 6.45) is 1.44. The molecule has 7 nitrogen and oxygen atoms in total. The van der Waals surface area contributed by atoms with E-state index in [1.165, 1.54) is 29.3 Å². The fourth-order valence-electron chi connectivity index (χ4n) is 3.26. The molecule has 0 bridgehead atoms. The summed E-state index contributed by atoms with van der Waals surface area (Å²) >= 11 is 0. The summed E-state index contributed by atoms with van der Waals surface area (Å²) < 4.78 is 14.6. The van der Waals surface area contributed by atoms with E-state index < -0.39 is 11.8 Å². The van der Waals surface area contributed by atoms with Crippen molar-refractivity contribution in [2.45, 2.75) is 13.1 Å². The van der Waals surface area contributed by atoms with Gasteiger partial charge < -0.3 is 14.9 Å². The van der Waals surface area contributed by atoms with Crippen molar-refractivity contribution in [3.8, 4) is 0 Å². The number of aromatic nitrogens is 1. The molecule has 1 aromatic carbocycles. The molecule has 1 amide bonds. The number of halogens is 1. The zero-order chi connectivity index (χ0) is 20.3. The number of carbonyl (C=O) groups is 2. The molecule has 0 atom stereocenters. The second kappa shape index (κ2) is 8.45. The van der Waals surface area contributed by atoms with Crippen molar-refractivity contribution in [3.05, 3.63) is 59.2 Å². The highest BCUT2D eigenvalue weighted by atomic mass is 19.1. The first-order valence-corrected chi connectivity index (χ1v) is 8.98. The number of hydrogen-bond donors (Lipinski definition) is 1. The third-order valence-electron chi connectivity index (χ3n) is 4.61. The molecular formula is C20H23FN4O3. The molecule has 2 heterocycles. The molecule has 1 aliphatic rings. The molecule has 0 saturated carbocycles. The van der Waals surface area contributed by atoms with Crippen LogP contribution in [0.2, 0.25) is 0 Å². The van der Waals surface area contributed by atoms with Crippen molar-refractivity contribution in [3.63, 3.8) is 0 Å². The van der Waals surface area contributed by atoms with Gasteiger partial charge in [-0.15, -0.1) is 0 Å². The fraction of sp³-hybridized carbons (Fsp3) is 0.350. The van der Waals surface area contributed by atoms with Gasteiger partial charge in [0.15, 0.2) is 0 Å². The summed E-state index contributed by atoms with van der Waals surface area (Å²) in [6.45, 7) is 1.77. The van der Waals surface area contributed by atoms with Gasteiger partial charge in [0.05, 0.1) is 23.5 Å². The zero-order valence-electron chi connectivity index (χ0n) is 15.9. The highest BCUT2D eigenvalue weighted by Crippen LogP contribution is 2.29. The number of anilines is 1. The molecule has 0 saturated heterocycles. The van der Waals surface area contributed by atoms with E-state index >= 15 is 0 Å². The molecule has 2 aromatic rings. The highest BCUT2D eigenvalue weighted by molar-refractivity contribution is 5.96. The van der Waals surface area contributed by atoms with Crippen LogP contribution in [0.5, 0.6) is 0 Å². The number of para-hydroxylation sites is 1. The Balaban J connectivity index is 1.88. The molecule has 1 aliphatic heterocycles. The van der Waals surface area contributed by atoms with Gasteiger partial charge in [0, 0.05) is 32.4 Å². The molecule has 1 N–H and O–H groups in total. The summed E-state index contributed by atoms with van der Waals surface area (Å²) in [5, 5.41) is 9.15. The lowest BCUT2D eigenvalue weighted by Gasteiger charge is -2.25. The summed E-state index contributed by atoms with van der Waals surface area (Å²) in [5.74, 6) is -1.64. The second-order valence-electron chi connectivity index (χ2n) is 7.08. The number of hydrogen-bond acceptors (Lipinski definition) is 5. The molecule has 0 fully saturated rings. The number of carbonyl (C=O) groups excluding carboxylic acids is 1. The van der Waals surface area contributed by atoms with Crippen LogP contribution in [-0.2, 0) is 17.9 Å². The topological polar surface area (TPSA) is 77.0 Å². The minimum absolute atomic E-state index is 0.0977. The Bertz CT molecular complexity index is 888. The maximum absolute atomic E-state index is 14.6. The molecule has 0 spiro atoms. The van der Waals surface area contributed by atoms with E-state index in [4.69, 9.17) is 5.11 Å². The molecule has 0 unspecified atom stereocenters. The van der Waals surface area contributed by atoms with E-state index in [1.807, 2.05) is 30.0 Å². The number of likely N-dealkylation sites (N-methyl/N-ethyl adjacent to an activating group) is 1. The zero-order valence-corrected chi connectivity index (χ0v) is 15.9. The predicted molar refractivity (Wildman–Crippen MR) is 103 cm³/mol. The summed E-state index contributed by atoms with van der Waals surface area (Å²) in [7, 11) is 3.80. The normalized spacial score (nSPS) is 14.9. The van der Waals surface area contributed by atoms with Crippen molar-refractivity contribution in [1.29, 1.82) is 0 Å². The first-order chi connectivity index (χ1) is 13.3. The average molecular weight is 386 g/mol. The number of rotatable bonds is 6. The highest BCUT2D eigenvalue weighted by Gasteiger charge is 2.28. The predicted octanol–water partition coefficient (Wildman–Crippen LogP) is 1.83. The van der Waals surface area contributed by atoms with Crippen molar-refractivity contribution in [2.24, 2.45) is 0 Å². The third kappa shape index (κ3) is 4.52. The minimum atomic E-state index is -1.03. The largest absolute Gasteiger partial charge is 0.478 e. The van der Waals surface area contributed by atoms with E-state index in [0.717, 1.165) is 5.56 Å². The Hall–Kier alpha value is -2.84. The number of carboxylic acid groups (broad SMARTS) is 1. The Kier molecular flexibility index (Phi) is 6.01. The number of benzene rings is 1. The lowest BCUT2D eigenvalue weighted by atomic mass is 10.1. The van der Waals surface area contributed by atoms with Crippen LogP contribution in [0.3, 0.4) is 0 Å². The van der Waals surface area contributed by atoms with Crippen LogP contribution < -0.4 is 4.90 Å². The number of nitrogens with zero attached hydrogens (tertiary/aromatic N) is 4. The van der Waals surface area contributed by atoms with Gasteiger partial charge in [0.2, 0.25) is 5.91 Å². The van der Waals surface area contributed by atoms with Crippen molar-refractivity contribution in [2.75, 3.05) is 38.6 Å². The van der Waals surface area contributed by atoms with E-state index in [0.29, 0.717) is 37.6 Å². The van der Waals surface area contributed by atoms with Crippen LogP contribution in [0.15, 0.2) is 36.5 Å². The van der Waals surface area contributed by atoms with Crippen LogP contribution in [0.1, 0.15) is 21.6 Å². The van der Waals surface area contributed by atoms with Gasteiger partial charge in [0.1, 0.15) is 5.82 Å². The average Bonchev–Trinajstić information content (AvgIpc) is 2.76. The molecule has 28 heavy (non-hydrogen) atoms. The maximum atomic E-state index is 14.6. The number of carboxylic acids is 1. The lowest BCUT2D eigenvalue weighted by Crippen LogP contribution is -2.41. The first-order valence-electron chi connectivity index (χ1n) is 8.98. The van der Waals surface area contributed by atoms with E-state index in [9.17, 15) is 14.0 Å². The van der Waals surface area contributed by atoms with Crippen LogP contribution in [-0.4, -0.2) is 65.5 Å². The molecule has 0 radical (unpaired) electrons. The Morgan fingerprint density at radius 2 is 2.07 bits per heavy atom. The van der Waals surface area contributed by atoms with Gasteiger partial charge in [0.25, 0.3) is 0 Å². The number of pyridine rings is 1. The third-order valence-corrected chi connectivity index (χ3v) is 4.61. The monoisotopic (exact) mass is 386 g/mol. The first kappa shape index (κ1) is 19.9. The van der Waals surface area contributed by atoms with Gasteiger partial charge in [-0.1, -0.05) is 12.1 Å². The lowest BCUT2D eigenvalue weighted by molar-refractivity contribution is -0.119. The number of fused-ring (bicyclic) bond motifs is 1. The van der Waals surface area contributed by atoms with Gasteiger partial charge in [-0.3, -0.25) is 14.7 Å². The van der Waals surface area contributed by atoms with Gasteiger partial charge >= 0.3 is 5.97 Å². The van der Waals surface area contributed by atoms with Crippen molar-refractivity contribution in [1.82, 2.24) is 14.8 Å². The second-order valence-corrected chi connectivity index (χ2v) is 7.08. The SMILES string of the molecule is CN(C)CCN1C(=O)CN(Cc2cc(C(=O)O)ccn2)Cc2cccc(F)c21. The van der Waals surface area contributed by atoms with Gasteiger partial charge in [-0.05, 0) is 37.9 Å². The molecule has 3 rings (SSSR count). The van der Waals surface area contributed by atoms with Crippen LogP contribution in [0, 0.1) is 5.82 Å². The smallest absolute Gasteiger partial charge is 0.335 e. The Morgan fingerprint density at radius 3 is 2.79 bits per heavy atom. The molecule has 8 heteroatoms. The molecule has 1 aromatic heterocycles. The van der Waals surface area contributed by atoms with E-state index in [-0.39, 0.29) is 18.0 Å².